The second kappa shape index (κ2) is 6.11. The van der Waals surface area contributed by atoms with E-state index < -0.39 is 5.60 Å². The molecule has 1 aliphatic heterocycles. The minimum atomic E-state index is -0.819. The van der Waals surface area contributed by atoms with Gasteiger partial charge in [-0.15, -0.1) is 11.3 Å². The molecule has 2 heterocycles. The van der Waals surface area contributed by atoms with Crippen LogP contribution in [0.5, 0.6) is 0 Å². The van der Waals surface area contributed by atoms with Crippen LogP contribution < -0.4 is 0 Å². The van der Waals surface area contributed by atoms with Crippen LogP contribution in [0.2, 0.25) is 0 Å². The predicted octanol–water partition coefficient (Wildman–Crippen LogP) is 3.07. The van der Waals surface area contributed by atoms with E-state index in [-0.39, 0.29) is 16.9 Å². The number of nitrogens with zero attached hydrogens (tertiary/aromatic N) is 2. The summed E-state index contributed by atoms with van der Waals surface area (Å²) >= 11 is 1.84. The number of amides is 1. The molecule has 2 aliphatic rings. The maximum atomic E-state index is 12.5. The molecule has 4 nitrogen and oxygen atoms in total. The molecule has 0 atom stereocenters. The molecule has 1 N–H and O–H groups in total. The molecule has 134 valence electrons. The van der Waals surface area contributed by atoms with Crippen molar-refractivity contribution in [1.82, 2.24) is 9.80 Å². The number of rotatable bonds is 4. The molecule has 1 aliphatic carbocycles. The Morgan fingerprint density at radius 3 is 2.46 bits per heavy atom. The lowest BCUT2D eigenvalue weighted by atomic mass is 9.66. The van der Waals surface area contributed by atoms with Crippen LogP contribution in [0, 0.1) is 5.41 Å². The molecule has 1 spiro atoms. The molecule has 0 unspecified atom stereocenters. The number of hydrogen-bond acceptors (Lipinski definition) is 4. The number of carbonyl (C=O) groups is 1. The van der Waals surface area contributed by atoms with Crippen LogP contribution in [0.15, 0.2) is 17.5 Å². The smallest absolute Gasteiger partial charge is 0.223 e. The Kier molecular flexibility index (Phi) is 4.56. The molecule has 3 rings (SSSR count). The lowest BCUT2D eigenvalue weighted by molar-refractivity contribution is -0.130. The van der Waals surface area contributed by atoms with Crippen molar-refractivity contribution in [2.75, 3.05) is 27.2 Å². The molecular weight excluding hydrogens is 320 g/mol. The molecule has 1 aromatic rings. The summed E-state index contributed by atoms with van der Waals surface area (Å²) in [6.45, 7) is 4.81. The molecule has 24 heavy (non-hydrogen) atoms. The lowest BCUT2D eigenvalue weighted by Gasteiger charge is -2.48. The Labute approximate surface area is 149 Å². The first-order valence-corrected chi connectivity index (χ1v) is 9.76. The molecule has 0 radical (unpaired) electrons. The van der Waals surface area contributed by atoms with Gasteiger partial charge in [-0.2, -0.15) is 0 Å². The van der Waals surface area contributed by atoms with Gasteiger partial charge in [0.1, 0.15) is 0 Å². The SMILES string of the molecule is CN(C)C1(c2cccs2)CCC2(CC1)CC(=O)N(CC(C)(C)O)C2. The fourth-order valence-electron chi connectivity index (χ4n) is 4.58. The second-order valence-corrected chi connectivity index (χ2v) is 9.59. The molecule has 5 heteroatoms. The van der Waals surface area contributed by atoms with Gasteiger partial charge in [0.2, 0.25) is 5.91 Å². The highest BCUT2D eigenvalue weighted by Crippen LogP contribution is 2.52. The number of likely N-dealkylation sites (tertiary alicyclic amines) is 1. The Morgan fingerprint density at radius 2 is 1.96 bits per heavy atom. The van der Waals surface area contributed by atoms with E-state index in [0.29, 0.717) is 13.0 Å². The van der Waals surface area contributed by atoms with Crippen molar-refractivity contribution in [3.05, 3.63) is 22.4 Å². The van der Waals surface area contributed by atoms with E-state index in [0.717, 1.165) is 32.2 Å². The predicted molar refractivity (Wildman–Crippen MR) is 98.1 cm³/mol. The van der Waals surface area contributed by atoms with E-state index >= 15 is 0 Å². The molecular formula is C19H30N2O2S. The normalized spacial score (nSPS) is 31.4. The fourth-order valence-corrected chi connectivity index (χ4v) is 5.65. The van der Waals surface area contributed by atoms with Gasteiger partial charge in [0, 0.05) is 24.4 Å². The third-order valence-corrected chi connectivity index (χ3v) is 7.02. The number of carbonyl (C=O) groups excluding carboxylic acids is 1. The lowest BCUT2D eigenvalue weighted by Crippen LogP contribution is -2.47. The first-order chi connectivity index (χ1) is 11.2. The Balaban J connectivity index is 1.74. The highest BCUT2D eigenvalue weighted by atomic mass is 32.1. The van der Waals surface area contributed by atoms with Gasteiger partial charge in [0.15, 0.2) is 0 Å². The van der Waals surface area contributed by atoms with Crippen LogP contribution in [0.4, 0.5) is 0 Å². The average molecular weight is 351 g/mol. The summed E-state index contributed by atoms with van der Waals surface area (Å²) in [7, 11) is 4.36. The maximum absolute atomic E-state index is 12.5. The van der Waals surface area contributed by atoms with Gasteiger partial charge < -0.3 is 10.0 Å². The van der Waals surface area contributed by atoms with Crippen LogP contribution >= 0.6 is 11.3 Å². The minimum absolute atomic E-state index is 0.110. The number of hydrogen-bond donors (Lipinski definition) is 1. The van der Waals surface area contributed by atoms with Crippen molar-refractivity contribution in [2.24, 2.45) is 5.41 Å². The Morgan fingerprint density at radius 1 is 1.29 bits per heavy atom. The van der Waals surface area contributed by atoms with Crippen molar-refractivity contribution < 1.29 is 9.90 Å². The van der Waals surface area contributed by atoms with Gasteiger partial charge in [-0.3, -0.25) is 9.69 Å². The van der Waals surface area contributed by atoms with Crippen molar-refractivity contribution in [2.45, 2.75) is 57.1 Å². The van der Waals surface area contributed by atoms with Crippen LogP contribution in [0.1, 0.15) is 50.8 Å². The third kappa shape index (κ3) is 3.26. The van der Waals surface area contributed by atoms with E-state index in [9.17, 15) is 9.90 Å². The van der Waals surface area contributed by atoms with Gasteiger partial charge in [-0.25, -0.2) is 0 Å². The van der Waals surface area contributed by atoms with Crippen LogP contribution in [-0.2, 0) is 10.3 Å². The third-order valence-electron chi connectivity index (χ3n) is 5.96. The maximum Gasteiger partial charge on any atom is 0.223 e. The monoisotopic (exact) mass is 350 g/mol. The van der Waals surface area contributed by atoms with Crippen molar-refractivity contribution in [1.29, 1.82) is 0 Å². The first kappa shape index (κ1) is 17.9. The van der Waals surface area contributed by atoms with Gasteiger partial charge in [0.25, 0.3) is 0 Å². The Bertz CT molecular complexity index is 581. The summed E-state index contributed by atoms with van der Waals surface area (Å²) in [4.78, 5) is 18.2. The highest BCUT2D eigenvalue weighted by molar-refractivity contribution is 7.10. The minimum Gasteiger partial charge on any atom is -0.389 e. The number of β-amino-alcohol motifs (C(OH)–C–C–N with tert-alkyl or cyclic N) is 1. The van der Waals surface area contributed by atoms with Crippen molar-refractivity contribution >= 4 is 17.2 Å². The van der Waals surface area contributed by atoms with Gasteiger partial charge in [0.05, 0.1) is 11.1 Å². The van der Waals surface area contributed by atoms with Gasteiger partial charge in [-0.1, -0.05) is 6.07 Å². The van der Waals surface area contributed by atoms with E-state index in [4.69, 9.17) is 0 Å². The number of thiophene rings is 1. The standard InChI is InChI=1S/C19H30N2O2S/c1-17(2,23)13-21-14-18(12-16(21)22)7-9-19(10-8-18,20(3)4)15-6-5-11-24-15/h5-6,11,23H,7-10,12-14H2,1-4H3. The fraction of sp³-hybridized carbons (Fsp3) is 0.737. The van der Waals surface area contributed by atoms with Crippen LogP contribution in [0.25, 0.3) is 0 Å². The molecule has 0 bridgehead atoms. The van der Waals surface area contributed by atoms with Crippen molar-refractivity contribution in [3.8, 4) is 0 Å². The number of aliphatic hydroxyl groups is 1. The first-order valence-electron chi connectivity index (χ1n) is 8.88. The second-order valence-electron chi connectivity index (χ2n) is 8.64. The van der Waals surface area contributed by atoms with Gasteiger partial charge >= 0.3 is 0 Å². The van der Waals surface area contributed by atoms with E-state index in [1.165, 1.54) is 4.88 Å². The molecule has 2 fully saturated rings. The van der Waals surface area contributed by atoms with Crippen LogP contribution in [0.3, 0.4) is 0 Å². The largest absolute Gasteiger partial charge is 0.389 e. The zero-order chi connectivity index (χ0) is 17.6. The average Bonchev–Trinajstić information content (AvgIpc) is 3.08. The molecule has 1 aromatic heterocycles. The summed E-state index contributed by atoms with van der Waals surface area (Å²) in [5.74, 6) is 0.214. The highest BCUT2D eigenvalue weighted by Gasteiger charge is 2.50. The molecule has 1 saturated heterocycles. The van der Waals surface area contributed by atoms with Gasteiger partial charge in [-0.05, 0) is 70.5 Å². The summed E-state index contributed by atoms with van der Waals surface area (Å²) in [5, 5.41) is 12.2. The van der Waals surface area contributed by atoms with E-state index in [2.05, 4.69) is 36.5 Å². The summed E-state index contributed by atoms with van der Waals surface area (Å²) in [6, 6.07) is 4.39. The summed E-state index contributed by atoms with van der Waals surface area (Å²) in [5.41, 5.74) is -0.592. The summed E-state index contributed by atoms with van der Waals surface area (Å²) < 4.78 is 0. The molecule has 1 amide bonds. The quantitative estimate of drug-likeness (QED) is 0.908. The zero-order valence-corrected chi connectivity index (χ0v) is 16.2. The summed E-state index contributed by atoms with van der Waals surface area (Å²) in [6.07, 6.45) is 5.01. The Hall–Kier alpha value is -0.910. The topological polar surface area (TPSA) is 43.8 Å². The van der Waals surface area contributed by atoms with Crippen LogP contribution in [-0.4, -0.2) is 53.6 Å². The molecule has 0 aromatic carbocycles. The zero-order valence-electron chi connectivity index (χ0n) is 15.3. The van der Waals surface area contributed by atoms with Crippen molar-refractivity contribution in [3.63, 3.8) is 0 Å². The molecule has 1 saturated carbocycles. The van der Waals surface area contributed by atoms with E-state index in [1.807, 2.05) is 16.2 Å². The van der Waals surface area contributed by atoms with E-state index in [1.54, 1.807) is 13.8 Å².